The Kier molecular flexibility index (Phi) is 4.31. The van der Waals surface area contributed by atoms with E-state index in [1.54, 1.807) is 44.9 Å². The lowest BCUT2D eigenvalue weighted by Crippen LogP contribution is -2.42. The van der Waals surface area contributed by atoms with Crippen molar-refractivity contribution in [3.05, 3.63) is 0 Å². The summed E-state index contributed by atoms with van der Waals surface area (Å²) >= 11 is 0. The third-order valence-electron chi connectivity index (χ3n) is 6.40. The normalized spacial score (nSPS) is 39.7. The minimum atomic E-state index is 0.848. The van der Waals surface area contributed by atoms with Crippen molar-refractivity contribution < 1.29 is 0 Å². The maximum Gasteiger partial charge on any atom is -0.0264 e. The van der Waals surface area contributed by atoms with E-state index in [0.717, 1.165) is 17.3 Å². The van der Waals surface area contributed by atoms with Crippen LogP contribution in [-0.4, -0.2) is 0 Å². The molecule has 0 heteroatoms. The van der Waals surface area contributed by atoms with Crippen LogP contribution in [0.1, 0.15) is 96.3 Å². The van der Waals surface area contributed by atoms with Gasteiger partial charge < -0.3 is 0 Å². The Balaban J connectivity index is 1.58. The Morgan fingerprint density at radius 3 is 1.83 bits per heavy atom. The molecule has 0 N–H and O–H groups in total. The molecule has 0 aromatic carbocycles. The first-order valence-electron chi connectivity index (χ1n) is 8.89. The first kappa shape index (κ1) is 13.0. The standard InChI is InChI=1S/C18H32/c1-2-4-6-10-16-14-18(15-16,13-9-5-3-1)17-11-7-8-12-17/h16-17H,1-15H2. The molecular weight excluding hydrogens is 216 g/mol. The van der Waals surface area contributed by atoms with Gasteiger partial charge in [-0.15, -0.1) is 0 Å². The Morgan fingerprint density at radius 1 is 0.556 bits per heavy atom. The maximum atomic E-state index is 1.62. The summed E-state index contributed by atoms with van der Waals surface area (Å²) in [6, 6.07) is 0. The van der Waals surface area contributed by atoms with Gasteiger partial charge in [0.1, 0.15) is 0 Å². The molecule has 18 heavy (non-hydrogen) atoms. The summed E-state index contributed by atoms with van der Waals surface area (Å²) in [5.74, 6) is 2.27. The van der Waals surface area contributed by atoms with Crippen LogP contribution in [-0.2, 0) is 0 Å². The fourth-order valence-electron chi connectivity index (χ4n) is 5.37. The fourth-order valence-corrected chi connectivity index (χ4v) is 5.37. The van der Waals surface area contributed by atoms with E-state index in [4.69, 9.17) is 0 Å². The van der Waals surface area contributed by atoms with E-state index in [-0.39, 0.29) is 0 Å². The fraction of sp³-hybridized carbons (Fsp3) is 1.00. The predicted octanol–water partition coefficient (Wildman–Crippen LogP) is 6.10. The SMILES string of the molecule is C1CCCCC2CC(C3CCCC3)(CCCC1)C2. The van der Waals surface area contributed by atoms with Gasteiger partial charge in [-0.05, 0) is 49.4 Å². The van der Waals surface area contributed by atoms with Gasteiger partial charge >= 0.3 is 0 Å². The van der Waals surface area contributed by atoms with Gasteiger partial charge in [-0.2, -0.15) is 0 Å². The molecule has 0 saturated heterocycles. The second-order valence-corrected chi connectivity index (χ2v) is 7.63. The molecule has 4 rings (SSSR count). The lowest BCUT2D eigenvalue weighted by molar-refractivity contribution is -0.0223. The largest absolute Gasteiger partial charge is 0.0533 e. The molecule has 2 bridgehead atoms. The van der Waals surface area contributed by atoms with Crippen LogP contribution in [0, 0.1) is 17.3 Å². The molecule has 4 aliphatic rings. The number of rotatable bonds is 1. The first-order chi connectivity index (χ1) is 8.89. The molecule has 0 aromatic rings. The van der Waals surface area contributed by atoms with Crippen LogP contribution in [0.2, 0.25) is 0 Å². The third-order valence-corrected chi connectivity index (χ3v) is 6.40. The maximum absolute atomic E-state index is 1.62. The van der Waals surface area contributed by atoms with Gasteiger partial charge in [0, 0.05) is 0 Å². The van der Waals surface area contributed by atoms with Crippen molar-refractivity contribution in [2.45, 2.75) is 96.3 Å². The van der Waals surface area contributed by atoms with Crippen molar-refractivity contribution >= 4 is 0 Å². The molecule has 0 heterocycles. The van der Waals surface area contributed by atoms with Crippen LogP contribution >= 0.6 is 0 Å². The molecule has 0 nitrogen and oxygen atoms in total. The predicted molar refractivity (Wildman–Crippen MR) is 78.7 cm³/mol. The molecule has 104 valence electrons. The summed E-state index contributed by atoms with van der Waals surface area (Å²) in [4.78, 5) is 0. The summed E-state index contributed by atoms with van der Waals surface area (Å²) in [5, 5.41) is 0. The molecule has 0 aliphatic heterocycles. The summed E-state index contributed by atoms with van der Waals surface area (Å²) in [6.07, 6.45) is 23.3. The van der Waals surface area contributed by atoms with Crippen LogP contribution in [0.4, 0.5) is 0 Å². The van der Waals surface area contributed by atoms with Crippen molar-refractivity contribution in [1.29, 1.82) is 0 Å². The molecular formula is C18H32. The molecule has 0 atom stereocenters. The molecule has 0 aromatic heterocycles. The number of hydrogen-bond donors (Lipinski definition) is 0. The zero-order chi connectivity index (χ0) is 12.3. The molecule has 4 saturated carbocycles. The van der Waals surface area contributed by atoms with Crippen LogP contribution in [0.25, 0.3) is 0 Å². The van der Waals surface area contributed by atoms with Crippen molar-refractivity contribution in [1.82, 2.24) is 0 Å². The molecule has 4 aliphatic carbocycles. The second-order valence-electron chi connectivity index (χ2n) is 7.63. The van der Waals surface area contributed by atoms with E-state index in [1.807, 2.05) is 0 Å². The first-order valence-corrected chi connectivity index (χ1v) is 8.89. The van der Waals surface area contributed by atoms with E-state index in [1.165, 1.54) is 51.4 Å². The minimum absolute atomic E-state index is 0.848. The van der Waals surface area contributed by atoms with Gasteiger partial charge in [-0.3, -0.25) is 0 Å². The smallest absolute Gasteiger partial charge is 0.0264 e. The molecule has 4 fully saturated rings. The van der Waals surface area contributed by atoms with Gasteiger partial charge in [0.25, 0.3) is 0 Å². The Hall–Kier alpha value is 0. The highest BCUT2D eigenvalue weighted by Crippen LogP contribution is 2.59. The zero-order valence-electron chi connectivity index (χ0n) is 12.3. The van der Waals surface area contributed by atoms with E-state index in [9.17, 15) is 0 Å². The van der Waals surface area contributed by atoms with Crippen LogP contribution in [0.3, 0.4) is 0 Å². The van der Waals surface area contributed by atoms with Crippen LogP contribution in [0.15, 0.2) is 0 Å². The lowest BCUT2D eigenvalue weighted by Gasteiger charge is -2.53. The molecule has 0 spiro atoms. The quantitative estimate of drug-likeness (QED) is 0.526. The van der Waals surface area contributed by atoms with Crippen molar-refractivity contribution in [3.8, 4) is 0 Å². The van der Waals surface area contributed by atoms with Gasteiger partial charge in [-0.25, -0.2) is 0 Å². The number of hydrogen-bond acceptors (Lipinski definition) is 0. The van der Waals surface area contributed by atoms with Crippen LogP contribution < -0.4 is 0 Å². The topological polar surface area (TPSA) is 0 Å². The Morgan fingerprint density at radius 2 is 1.11 bits per heavy atom. The van der Waals surface area contributed by atoms with Gasteiger partial charge in [0.05, 0.1) is 0 Å². The summed E-state index contributed by atoms with van der Waals surface area (Å²) in [5.41, 5.74) is 0.848. The second kappa shape index (κ2) is 5.97. The van der Waals surface area contributed by atoms with E-state index in [2.05, 4.69) is 0 Å². The van der Waals surface area contributed by atoms with Crippen molar-refractivity contribution in [2.24, 2.45) is 17.3 Å². The highest BCUT2D eigenvalue weighted by Gasteiger charge is 2.48. The summed E-state index contributed by atoms with van der Waals surface area (Å²) < 4.78 is 0. The summed E-state index contributed by atoms with van der Waals surface area (Å²) in [7, 11) is 0. The van der Waals surface area contributed by atoms with Gasteiger partial charge in [0.15, 0.2) is 0 Å². The minimum Gasteiger partial charge on any atom is -0.0533 e. The van der Waals surface area contributed by atoms with Crippen molar-refractivity contribution in [2.75, 3.05) is 0 Å². The van der Waals surface area contributed by atoms with Gasteiger partial charge in [0.2, 0.25) is 0 Å². The lowest BCUT2D eigenvalue weighted by atomic mass is 9.52. The number of fused-ring (bicyclic) bond motifs is 8. The summed E-state index contributed by atoms with van der Waals surface area (Å²) in [6.45, 7) is 0. The molecule has 0 radical (unpaired) electrons. The highest BCUT2D eigenvalue weighted by atomic mass is 14.5. The van der Waals surface area contributed by atoms with Crippen LogP contribution in [0.5, 0.6) is 0 Å². The third kappa shape index (κ3) is 2.78. The van der Waals surface area contributed by atoms with E-state index < -0.39 is 0 Å². The van der Waals surface area contributed by atoms with Crippen molar-refractivity contribution in [3.63, 3.8) is 0 Å². The average Bonchev–Trinajstić information content (AvgIpc) is 2.81. The molecule has 0 amide bonds. The van der Waals surface area contributed by atoms with Gasteiger partial charge in [-0.1, -0.05) is 64.2 Å². The Bertz CT molecular complexity index is 237. The average molecular weight is 248 g/mol. The Labute approximate surface area is 114 Å². The monoisotopic (exact) mass is 248 g/mol. The molecule has 0 unspecified atom stereocenters. The zero-order valence-corrected chi connectivity index (χ0v) is 12.3. The van der Waals surface area contributed by atoms with E-state index in [0.29, 0.717) is 0 Å². The highest BCUT2D eigenvalue weighted by molar-refractivity contribution is 4.99. The van der Waals surface area contributed by atoms with E-state index >= 15 is 0 Å².